The molecule has 332 valence electrons. The summed E-state index contributed by atoms with van der Waals surface area (Å²) in [7, 11) is 11.7. The molecule has 8 aromatic rings. The maximum absolute atomic E-state index is 6.60. The molecule has 0 aliphatic carbocycles. The van der Waals surface area contributed by atoms with Crippen LogP contribution >= 0.6 is 0 Å². The molecule has 64 heavy (non-hydrogen) atoms. The third kappa shape index (κ3) is 9.68. The van der Waals surface area contributed by atoms with Crippen LogP contribution < -0.4 is 29.9 Å². The van der Waals surface area contributed by atoms with Gasteiger partial charge in [0.25, 0.3) is 0 Å². The number of nitrogens with one attached hydrogen (secondary N) is 2. The predicted molar refractivity (Wildman–Crippen MR) is 258 cm³/mol. The number of anilines is 2. The highest BCUT2D eigenvalue weighted by Gasteiger charge is 2.23. The molecule has 0 amide bonds. The Balaban J connectivity index is 0.000000191. The Morgan fingerprint density at radius 2 is 0.859 bits per heavy atom. The van der Waals surface area contributed by atoms with E-state index in [-0.39, 0.29) is 12.2 Å². The molecule has 2 N–H and O–H groups in total. The summed E-state index contributed by atoms with van der Waals surface area (Å²) in [5.74, 6) is 3.08. The van der Waals surface area contributed by atoms with Crippen LogP contribution in [0.15, 0.2) is 109 Å². The molecule has 0 saturated carbocycles. The first-order valence-electron chi connectivity index (χ1n) is 21.7. The van der Waals surface area contributed by atoms with E-state index in [1.807, 2.05) is 160 Å². The maximum atomic E-state index is 6.60. The molecule has 4 aromatic heterocycles. The number of ether oxygens (including phenoxy) is 2. The molecule has 0 unspecified atom stereocenters. The van der Waals surface area contributed by atoms with E-state index in [0.29, 0.717) is 0 Å². The van der Waals surface area contributed by atoms with Gasteiger partial charge in [0.05, 0.1) is 33.5 Å². The Morgan fingerprint density at radius 3 is 1.22 bits per heavy atom. The first-order chi connectivity index (χ1) is 31.0. The number of nitrogens with zero attached hydrogens (tertiary/aromatic N) is 10. The Bertz CT molecular complexity index is 2600. The molecule has 0 saturated heterocycles. The molecule has 14 nitrogen and oxygen atoms in total. The summed E-state index contributed by atoms with van der Waals surface area (Å²) in [5.41, 5.74) is 9.53. The molecule has 0 aliphatic rings. The SMILES string of the molecule is CNCC[C@@H](Oc1ccccc1-n1nc2c(N(C)C)nnc(C)c2c1C)c1ccccc1.CNCC[C@H](Oc1ccccc1-n1nc2c(N(C)C)nnc(C)c2c1C)c1ccccc1. The average Bonchev–Trinajstić information content (AvgIpc) is 3.84. The van der Waals surface area contributed by atoms with E-state index in [0.717, 1.165) is 116 Å². The first-order valence-corrected chi connectivity index (χ1v) is 21.7. The Labute approximate surface area is 376 Å². The van der Waals surface area contributed by atoms with E-state index in [1.54, 1.807) is 0 Å². The van der Waals surface area contributed by atoms with Gasteiger partial charge in [0.1, 0.15) is 46.1 Å². The van der Waals surface area contributed by atoms with Gasteiger partial charge in [-0.15, -0.1) is 10.2 Å². The van der Waals surface area contributed by atoms with Crippen molar-refractivity contribution >= 4 is 33.4 Å². The summed E-state index contributed by atoms with van der Waals surface area (Å²) in [4.78, 5) is 3.88. The summed E-state index contributed by atoms with van der Waals surface area (Å²) < 4.78 is 17.1. The molecule has 0 bridgehead atoms. The zero-order valence-corrected chi connectivity index (χ0v) is 38.7. The number of para-hydroxylation sites is 4. The maximum Gasteiger partial charge on any atom is 0.179 e. The molecule has 4 aromatic carbocycles. The van der Waals surface area contributed by atoms with Crippen molar-refractivity contribution in [2.24, 2.45) is 0 Å². The molecule has 0 radical (unpaired) electrons. The molecule has 0 fully saturated rings. The van der Waals surface area contributed by atoms with Gasteiger partial charge in [-0.05, 0) is 90.3 Å². The second kappa shape index (κ2) is 20.5. The zero-order chi connectivity index (χ0) is 45.3. The van der Waals surface area contributed by atoms with Crippen LogP contribution in [-0.4, -0.2) is 95.3 Å². The van der Waals surface area contributed by atoms with Crippen molar-refractivity contribution in [1.29, 1.82) is 0 Å². The van der Waals surface area contributed by atoms with Crippen LogP contribution in [0.25, 0.3) is 33.2 Å². The van der Waals surface area contributed by atoms with Gasteiger partial charge >= 0.3 is 0 Å². The molecular formula is C50H60N12O2. The van der Waals surface area contributed by atoms with Crippen molar-refractivity contribution < 1.29 is 9.47 Å². The Kier molecular flexibility index (Phi) is 14.5. The highest BCUT2D eigenvalue weighted by molar-refractivity contribution is 5.93. The molecule has 2 atom stereocenters. The summed E-state index contributed by atoms with van der Waals surface area (Å²) >= 11 is 0. The van der Waals surface area contributed by atoms with Crippen molar-refractivity contribution in [3.63, 3.8) is 0 Å². The van der Waals surface area contributed by atoms with Gasteiger partial charge in [-0.25, -0.2) is 9.36 Å². The largest absolute Gasteiger partial charge is 0.483 e. The topological polar surface area (TPSA) is 136 Å². The van der Waals surface area contributed by atoms with E-state index >= 15 is 0 Å². The van der Waals surface area contributed by atoms with Gasteiger partial charge in [0, 0.05) is 41.0 Å². The zero-order valence-electron chi connectivity index (χ0n) is 38.7. The number of hydrogen-bond donors (Lipinski definition) is 2. The quantitative estimate of drug-likeness (QED) is 0.0965. The summed E-state index contributed by atoms with van der Waals surface area (Å²) in [5, 5.41) is 35.8. The lowest BCUT2D eigenvalue weighted by atomic mass is 10.1. The number of benzene rings is 4. The number of aryl methyl sites for hydroxylation is 4. The van der Waals surface area contributed by atoms with Crippen molar-refractivity contribution in [1.82, 2.24) is 50.6 Å². The molecule has 0 spiro atoms. The molecule has 14 heteroatoms. The standard InChI is InChI=1S/2C25H30N6O/c2*1-17-23-18(2)31(29-24(23)25(28-27-17)30(4)5)20-13-9-10-14-22(20)32-21(15-16-26-3)19-11-7-6-8-12-19/h2*6-14,21,26H,15-16H2,1-5H3/t2*21-/m10/s1. The second-order valence-corrected chi connectivity index (χ2v) is 16.2. The van der Waals surface area contributed by atoms with Crippen molar-refractivity contribution in [3.05, 3.63) is 143 Å². The number of aromatic nitrogens is 8. The molecule has 0 aliphatic heterocycles. The van der Waals surface area contributed by atoms with Crippen LogP contribution in [0.4, 0.5) is 11.6 Å². The van der Waals surface area contributed by atoms with Crippen molar-refractivity contribution in [2.75, 3.05) is 65.2 Å². The minimum absolute atomic E-state index is 0.0718. The van der Waals surface area contributed by atoms with Gasteiger partial charge in [0.15, 0.2) is 11.6 Å². The monoisotopic (exact) mass is 860 g/mol. The smallest absolute Gasteiger partial charge is 0.179 e. The fraction of sp³-hybridized carbons (Fsp3) is 0.320. The summed E-state index contributed by atoms with van der Waals surface area (Å²) in [6, 6.07) is 36.8. The van der Waals surface area contributed by atoms with E-state index in [2.05, 4.69) is 69.1 Å². The average molecular weight is 861 g/mol. The number of hydrogen-bond acceptors (Lipinski definition) is 12. The Morgan fingerprint density at radius 1 is 0.500 bits per heavy atom. The van der Waals surface area contributed by atoms with Crippen LogP contribution in [0, 0.1) is 27.7 Å². The number of fused-ring (bicyclic) bond motifs is 2. The molecule has 4 heterocycles. The third-order valence-corrected chi connectivity index (χ3v) is 11.2. The second-order valence-electron chi connectivity index (χ2n) is 16.2. The lowest BCUT2D eigenvalue weighted by molar-refractivity contribution is 0.194. The molecular weight excluding hydrogens is 801 g/mol. The summed E-state index contributed by atoms with van der Waals surface area (Å²) in [6.45, 7) is 9.79. The predicted octanol–water partition coefficient (Wildman–Crippen LogP) is 8.46. The van der Waals surface area contributed by atoms with Crippen molar-refractivity contribution in [3.8, 4) is 22.9 Å². The van der Waals surface area contributed by atoms with Gasteiger partial charge in [-0.3, -0.25) is 0 Å². The van der Waals surface area contributed by atoms with Gasteiger partial charge in [-0.1, -0.05) is 84.9 Å². The normalized spacial score (nSPS) is 12.2. The number of rotatable bonds is 16. The minimum atomic E-state index is -0.0718. The van der Waals surface area contributed by atoms with Crippen LogP contribution in [0.1, 0.15) is 59.0 Å². The van der Waals surface area contributed by atoms with E-state index in [9.17, 15) is 0 Å². The fourth-order valence-electron chi connectivity index (χ4n) is 7.94. The van der Waals surface area contributed by atoms with E-state index < -0.39 is 0 Å². The first kappa shape index (κ1) is 45.1. The van der Waals surface area contributed by atoms with Gasteiger partial charge in [-0.2, -0.15) is 20.4 Å². The van der Waals surface area contributed by atoms with Crippen LogP contribution in [-0.2, 0) is 0 Å². The minimum Gasteiger partial charge on any atom is -0.483 e. The highest BCUT2D eigenvalue weighted by atomic mass is 16.5. The molecule has 8 rings (SSSR count). The Hall–Kier alpha value is -6.90. The lowest BCUT2D eigenvalue weighted by Crippen LogP contribution is -2.17. The van der Waals surface area contributed by atoms with Gasteiger partial charge in [0.2, 0.25) is 0 Å². The van der Waals surface area contributed by atoms with Crippen LogP contribution in [0.3, 0.4) is 0 Å². The van der Waals surface area contributed by atoms with Crippen LogP contribution in [0.5, 0.6) is 11.5 Å². The lowest BCUT2D eigenvalue weighted by Gasteiger charge is -2.22. The fourth-order valence-corrected chi connectivity index (χ4v) is 7.94. The van der Waals surface area contributed by atoms with E-state index in [4.69, 9.17) is 19.7 Å². The van der Waals surface area contributed by atoms with Gasteiger partial charge < -0.3 is 29.9 Å². The highest BCUT2D eigenvalue weighted by Crippen LogP contribution is 2.36. The third-order valence-electron chi connectivity index (χ3n) is 11.2. The van der Waals surface area contributed by atoms with E-state index in [1.165, 1.54) is 0 Å². The summed E-state index contributed by atoms with van der Waals surface area (Å²) in [6.07, 6.45) is 1.56. The van der Waals surface area contributed by atoms with Crippen LogP contribution in [0.2, 0.25) is 0 Å². The van der Waals surface area contributed by atoms with Crippen molar-refractivity contribution in [2.45, 2.75) is 52.7 Å².